The van der Waals surface area contributed by atoms with Crippen molar-refractivity contribution >= 4 is 0 Å². The van der Waals surface area contributed by atoms with E-state index in [2.05, 4.69) is 22.0 Å². The van der Waals surface area contributed by atoms with E-state index in [1.165, 1.54) is 64.7 Å². The van der Waals surface area contributed by atoms with Gasteiger partial charge in [-0.3, -0.25) is 0 Å². The lowest BCUT2D eigenvalue weighted by Gasteiger charge is -2.43. The van der Waals surface area contributed by atoms with Gasteiger partial charge in [-0.1, -0.05) is 5.16 Å². The van der Waals surface area contributed by atoms with Crippen LogP contribution in [-0.2, 0) is 6.42 Å². The molecule has 1 aromatic rings. The first-order valence-electron chi connectivity index (χ1n) is 9.51. The lowest BCUT2D eigenvalue weighted by Crippen LogP contribution is -2.46. The molecule has 2 bridgehead atoms. The second kappa shape index (κ2) is 6.89. The summed E-state index contributed by atoms with van der Waals surface area (Å²) in [6, 6.07) is 0. The average molecular weight is 318 g/mol. The second-order valence-corrected chi connectivity index (χ2v) is 7.93. The van der Waals surface area contributed by atoms with Crippen molar-refractivity contribution in [2.45, 2.75) is 50.9 Å². The molecule has 0 N–H and O–H groups in total. The molecule has 5 nitrogen and oxygen atoms in total. The van der Waals surface area contributed by atoms with Gasteiger partial charge in [0.2, 0.25) is 5.89 Å². The van der Waals surface area contributed by atoms with Gasteiger partial charge in [0, 0.05) is 13.0 Å². The fourth-order valence-corrected chi connectivity index (χ4v) is 4.66. The first kappa shape index (κ1) is 15.6. The Morgan fingerprint density at radius 2 is 1.87 bits per heavy atom. The van der Waals surface area contributed by atoms with Gasteiger partial charge in [-0.05, 0) is 83.6 Å². The monoisotopic (exact) mass is 318 g/mol. The number of rotatable bonds is 5. The van der Waals surface area contributed by atoms with Crippen molar-refractivity contribution in [2.24, 2.45) is 11.8 Å². The molecule has 4 aliphatic rings. The smallest absolute Gasteiger partial charge is 0.231 e. The molecule has 4 saturated heterocycles. The van der Waals surface area contributed by atoms with E-state index in [-0.39, 0.29) is 0 Å². The Bertz CT molecular complexity index is 501. The minimum Gasteiger partial charge on any atom is -0.339 e. The number of fused-ring (bicyclic) bond motifs is 3. The van der Waals surface area contributed by atoms with Crippen LogP contribution in [0.15, 0.2) is 4.52 Å². The van der Waals surface area contributed by atoms with E-state index < -0.39 is 0 Å². The zero-order valence-electron chi connectivity index (χ0n) is 14.4. The molecule has 4 aliphatic heterocycles. The van der Waals surface area contributed by atoms with E-state index in [4.69, 9.17) is 9.51 Å². The summed E-state index contributed by atoms with van der Waals surface area (Å²) >= 11 is 0. The molecule has 5 rings (SSSR count). The molecule has 0 spiro atoms. The molecule has 5 heterocycles. The number of hydrogen-bond acceptors (Lipinski definition) is 5. The van der Waals surface area contributed by atoms with Crippen LogP contribution in [-0.4, -0.2) is 59.7 Å². The lowest BCUT2D eigenvalue weighted by molar-refractivity contribution is 0.0727. The fraction of sp³-hybridized carbons (Fsp3) is 0.889. The van der Waals surface area contributed by atoms with Crippen molar-refractivity contribution in [3.8, 4) is 0 Å². The Labute approximate surface area is 139 Å². The Morgan fingerprint density at radius 1 is 1.09 bits per heavy atom. The third-order valence-corrected chi connectivity index (χ3v) is 6.31. The molecule has 0 aromatic carbocycles. The molecule has 1 aromatic heterocycles. The minimum absolute atomic E-state index is 0.493. The summed E-state index contributed by atoms with van der Waals surface area (Å²) in [6.07, 6.45) is 8.82. The van der Waals surface area contributed by atoms with Gasteiger partial charge in [0.1, 0.15) is 0 Å². The third kappa shape index (κ3) is 3.61. The van der Waals surface area contributed by atoms with Crippen molar-refractivity contribution in [2.75, 3.05) is 39.8 Å². The van der Waals surface area contributed by atoms with E-state index in [9.17, 15) is 0 Å². The highest BCUT2D eigenvalue weighted by molar-refractivity contribution is 5.03. The maximum Gasteiger partial charge on any atom is 0.231 e. The van der Waals surface area contributed by atoms with E-state index >= 15 is 0 Å². The summed E-state index contributed by atoms with van der Waals surface area (Å²) in [7, 11) is 2.23. The highest BCUT2D eigenvalue weighted by Gasteiger charge is 2.38. The van der Waals surface area contributed by atoms with E-state index in [0.717, 1.165) is 36.5 Å². The van der Waals surface area contributed by atoms with Crippen LogP contribution in [0, 0.1) is 11.8 Å². The molecule has 23 heavy (non-hydrogen) atoms. The van der Waals surface area contributed by atoms with Crippen molar-refractivity contribution in [1.82, 2.24) is 19.9 Å². The van der Waals surface area contributed by atoms with Gasteiger partial charge in [0.15, 0.2) is 5.82 Å². The van der Waals surface area contributed by atoms with Gasteiger partial charge < -0.3 is 14.3 Å². The minimum atomic E-state index is 0.493. The third-order valence-electron chi connectivity index (χ3n) is 6.31. The van der Waals surface area contributed by atoms with Crippen LogP contribution in [0.25, 0.3) is 0 Å². The number of aryl methyl sites for hydroxylation is 1. The zero-order chi connectivity index (χ0) is 15.6. The average Bonchev–Trinajstić information content (AvgIpc) is 3.06. The van der Waals surface area contributed by atoms with Gasteiger partial charge in [-0.15, -0.1) is 0 Å². The number of aromatic nitrogens is 2. The standard InChI is InChI=1S/C18H30N4O/c1-21-9-5-14(6-10-21)3-2-4-17-19-18(23-20-17)16-13-22-11-7-15(16)8-12-22/h14-16H,2-13H2,1H3. The summed E-state index contributed by atoms with van der Waals surface area (Å²) in [6.45, 7) is 6.17. The zero-order valence-corrected chi connectivity index (χ0v) is 14.4. The summed E-state index contributed by atoms with van der Waals surface area (Å²) < 4.78 is 5.62. The maximum absolute atomic E-state index is 5.62. The van der Waals surface area contributed by atoms with Gasteiger partial charge in [0.05, 0.1) is 5.92 Å². The van der Waals surface area contributed by atoms with Crippen LogP contribution < -0.4 is 0 Å². The molecule has 5 heteroatoms. The molecule has 1 unspecified atom stereocenters. The topological polar surface area (TPSA) is 45.4 Å². The molecule has 4 fully saturated rings. The summed E-state index contributed by atoms with van der Waals surface area (Å²) in [5, 5.41) is 4.26. The molecule has 1 atom stereocenters. The molecule has 0 radical (unpaired) electrons. The van der Waals surface area contributed by atoms with Crippen LogP contribution in [0.4, 0.5) is 0 Å². The van der Waals surface area contributed by atoms with Gasteiger partial charge >= 0.3 is 0 Å². The molecular formula is C18H30N4O. The summed E-state index contributed by atoms with van der Waals surface area (Å²) in [5.74, 6) is 4.01. The van der Waals surface area contributed by atoms with E-state index in [0.29, 0.717) is 5.92 Å². The fourth-order valence-electron chi connectivity index (χ4n) is 4.66. The van der Waals surface area contributed by atoms with Crippen molar-refractivity contribution in [3.05, 3.63) is 11.7 Å². The van der Waals surface area contributed by atoms with Crippen LogP contribution in [0.2, 0.25) is 0 Å². The van der Waals surface area contributed by atoms with Gasteiger partial charge in [-0.2, -0.15) is 4.98 Å². The van der Waals surface area contributed by atoms with Crippen molar-refractivity contribution in [3.63, 3.8) is 0 Å². The molecular weight excluding hydrogens is 288 g/mol. The molecule has 128 valence electrons. The molecule has 0 aliphatic carbocycles. The Morgan fingerprint density at radius 3 is 2.57 bits per heavy atom. The maximum atomic E-state index is 5.62. The van der Waals surface area contributed by atoms with Crippen molar-refractivity contribution < 1.29 is 4.52 Å². The lowest BCUT2D eigenvalue weighted by atomic mass is 9.79. The highest BCUT2D eigenvalue weighted by Crippen LogP contribution is 2.38. The van der Waals surface area contributed by atoms with Crippen LogP contribution in [0.3, 0.4) is 0 Å². The van der Waals surface area contributed by atoms with E-state index in [1.54, 1.807) is 0 Å². The Kier molecular flexibility index (Phi) is 4.67. The number of nitrogens with zero attached hydrogens (tertiary/aromatic N) is 4. The largest absolute Gasteiger partial charge is 0.339 e. The normalized spacial score (nSPS) is 32.5. The second-order valence-electron chi connectivity index (χ2n) is 7.93. The van der Waals surface area contributed by atoms with Crippen LogP contribution in [0.5, 0.6) is 0 Å². The van der Waals surface area contributed by atoms with Gasteiger partial charge in [-0.25, -0.2) is 0 Å². The van der Waals surface area contributed by atoms with Crippen molar-refractivity contribution in [1.29, 1.82) is 0 Å². The first-order chi connectivity index (χ1) is 11.3. The van der Waals surface area contributed by atoms with Crippen LogP contribution in [0.1, 0.15) is 56.2 Å². The van der Waals surface area contributed by atoms with Crippen LogP contribution >= 0.6 is 0 Å². The Balaban J connectivity index is 1.25. The number of likely N-dealkylation sites (tertiary alicyclic amines) is 1. The van der Waals surface area contributed by atoms with E-state index in [1.807, 2.05) is 0 Å². The highest BCUT2D eigenvalue weighted by atomic mass is 16.5. The SMILES string of the molecule is CN1CCC(CCCc2noc(C3CN4CCC3CC4)n2)CC1. The number of hydrogen-bond donors (Lipinski definition) is 0. The van der Waals surface area contributed by atoms with Gasteiger partial charge in [0.25, 0.3) is 0 Å². The summed E-state index contributed by atoms with van der Waals surface area (Å²) in [4.78, 5) is 9.73. The molecule has 0 saturated carbocycles. The first-order valence-corrected chi connectivity index (χ1v) is 9.51. The Hall–Kier alpha value is -0.940. The predicted molar refractivity (Wildman–Crippen MR) is 89.4 cm³/mol. The quantitative estimate of drug-likeness (QED) is 0.835. The predicted octanol–water partition coefficient (Wildman–Crippen LogP) is 2.54. The molecule has 0 amide bonds. The summed E-state index contributed by atoms with van der Waals surface area (Å²) in [5.41, 5.74) is 0. The number of piperidine rings is 4.